The number of aryl methyl sites for hydroxylation is 1. The number of aromatic nitrogens is 3. The fourth-order valence-corrected chi connectivity index (χ4v) is 3.44. The zero-order chi connectivity index (χ0) is 19.0. The molecule has 6 heteroatoms. The van der Waals surface area contributed by atoms with Gasteiger partial charge in [-0.2, -0.15) is 5.10 Å². The summed E-state index contributed by atoms with van der Waals surface area (Å²) in [6.07, 6.45) is 1.87. The predicted octanol–water partition coefficient (Wildman–Crippen LogP) is 3.24. The summed E-state index contributed by atoms with van der Waals surface area (Å²) in [4.78, 5) is 30.5. The maximum absolute atomic E-state index is 12.9. The molecule has 0 spiro atoms. The molecule has 0 aliphatic heterocycles. The summed E-state index contributed by atoms with van der Waals surface area (Å²) in [5.41, 5.74) is 2.31. The fraction of sp³-hybridized carbons (Fsp3) is 0.190. The molecule has 0 aliphatic carbocycles. The number of rotatable bonds is 4. The zero-order valence-corrected chi connectivity index (χ0v) is 15.3. The highest BCUT2D eigenvalue weighted by Gasteiger charge is 2.17. The molecule has 0 fully saturated rings. The van der Waals surface area contributed by atoms with E-state index in [0.29, 0.717) is 11.9 Å². The molecule has 4 rings (SSSR count). The molecular weight excluding hydrogens is 340 g/mol. The first-order chi connectivity index (χ1) is 13.1. The monoisotopic (exact) mass is 360 g/mol. The molecule has 0 unspecified atom stereocenters. The van der Waals surface area contributed by atoms with E-state index in [1.165, 1.54) is 4.68 Å². The highest BCUT2D eigenvalue weighted by molar-refractivity contribution is 5.96. The third kappa shape index (κ3) is 2.99. The molecule has 1 amide bonds. The van der Waals surface area contributed by atoms with Gasteiger partial charge < -0.3 is 9.88 Å². The van der Waals surface area contributed by atoms with Crippen molar-refractivity contribution in [3.05, 3.63) is 70.8 Å². The van der Waals surface area contributed by atoms with Crippen LogP contribution in [0.3, 0.4) is 0 Å². The average Bonchev–Trinajstić information content (AvgIpc) is 3.14. The van der Waals surface area contributed by atoms with Crippen molar-refractivity contribution >= 4 is 33.3 Å². The van der Waals surface area contributed by atoms with Crippen molar-refractivity contribution in [1.29, 1.82) is 0 Å². The number of carbonyl (C=O) groups is 1. The van der Waals surface area contributed by atoms with Crippen molar-refractivity contribution in [1.82, 2.24) is 14.8 Å². The smallest absolute Gasteiger partial charge is 0.275 e. The second kappa shape index (κ2) is 6.72. The van der Waals surface area contributed by atoms with Crippen LogP contribution in [0.5, 0.6) is 0 Å². The van der Waals surface area contributed by atoms with Crippen molar-refractivity contribution in [2.24, 2.45) is 0 Å². The van der Waals surface area contributed by atoms with Gasteiger partial charge in [-0.15, -0.1) is 0 Å². The Hall–Kier alpha value is -3.41. The topological polar surface area (TPSA) is 71.0 Å². The second-order valence-electron chi connectivity index (χ2n) is 6.48. The van der Waals surface area contributed by atoms with E-state index in [2.05, 4.69) is 10.1 Å². The van der Waals surface area contributed by atoms with Crippen LogP contribution < -0.4 is 10.5 Å². The highest BCUT2D eigenvalue weighted by Crippen LogP contribution is 2.21. The van der Waals surface area contributed by atoms with Crippen molar-refractivity contribution in [3.63, 3.8) is 0 Å². The van der Waals surface area contributed by atoms with Gasteiger partial charge in [-0.3, -0.25) is 9.59 Å². The third-order valence-corrected chi connectivity index (χ3v) is 4.80. The largest absolute Gasteiger partial charge is 0.361 e. The van der Waals surface area contributed by atoms with Crippen LogP contribution in [0.4, 0.5) is 5.69 Å². The Kier molecular flexibility index (Phi) is 4.24. The van der Waals surface area contributed by atoms with E-state index >= 15 is 0 Å². The van der Waals surface area contributed by atoms with Gasteiger partial charge in [0.2, 0.25) is 5.91 Å². The number of hydrogen-bond donors (Lipinski definition) is 1. The first-order valence-electron chi connectivity index (χ1n) is 8.92. The van der Waals surface area contributed by atoms with E-state index in [9.17, 15) is 9.59 Å². The molecule has 6 nitrogen and oxygen atoms in total. The van der Waals surface area contributed by atoms with Crippen LogP contribution in [0.25, 0.3) is 21.7 Å². The van der Waals surface area contributed by atoms with Crippen LogP contribution in [-0.2, 0) is 11.3 Å². The maximum atomic E-state index is 12.9. The molecular formula is C21H20N4O2. The average molecular weight is 360 g/mol. The van der Waals surface area contributed by atoms with Gasteiger partial charge in [0.15, 0.2) is 0 Å². The number of fused-ring (bicyclic) bond motifs is 2. The zero-order valence-electron chi connectivity index (χ0n) is 15.3. The van der Waals surface area contributed by atoms with E-state index in [-0.39, 0.29) is 18.0 Å². The van der Waals surface area contributed by atoms with E-state index in [1.54, 1.807) is 11.0 Å². The molecule has 2 aromatic heterocycles. The van der Waals surface area contributed by atoms with Crippen molar-refractivity contribution < 1.29 is 4.79 Å². The van der Waals surface area contributed by atoms with Gasteiger partial charge in [-0.25, -0.2) is 4.68 Å². The minimum absolute atomic E-state index is 0.0937. The molecule has 0 saturated heterocycles. The van der Waals surface area contributed by atoms with Crippen LogP contribution in [0.1, 0.15) is 12.6 Å². The molecule has 0 saturated carbocycles. The molecule has 0 atom stereocenters. The predicted molar refractivity (Wildman–Crippen MR) is 107 cm³/mol. The van der Waals surface area contributed by atoms with Crippen LogP contribution >= 0.6 is 0 Å². The number of likely N-dealkylation sites (N-methyl/N-ethyl adjacent to an activating group) is 1. The van der Waals surface area contributed by atoms with Crippen LogP contribution in [0.15, 0.2) is 59.5 Å². The van der Waals surface area contributed by atoms with E-state index in [0.717, 1.165) is 27.7 Å². The first-order valence-corrected chi connectivity index (χ1v) is 8.92. The minimum atomic E-state index is -0.248. The lowest BCUT2D eigenvalue weighted by atomic mass is 10.1. The Morgan fingerprint density at radius 2 is 1.93 bits per heavy atom. The number of amides is 1. The summed E-state index contributed by atoms with van der Waals surface area (Å²) < 4.78 is 1.26. The SMILES string of the molecule is CCN(C(=O)Cn1nc(C)c2ccccc2c1=O)c1ccc2[nH]ccc2c1. The van der Waals surface area contributed by atoms with E-state index in [4.69, 9.17) is 0 Å². The molecule has 2 aromatic carbocycles. The number of anilines is 1. The Morgan fingerprint density at radius 3 is 2.70 bits per heavy atom. The molecule has 0 aliphatic rings. The molecule has 27 heavy (non-hydrogen) atoms. The van der Waals surface area contributed by atoms with Crippen molar-refractivity contribution in [2.45, 2.75) is 20.4 Å². The van der Waals surface area contributed by atoms with Gasteiger partial charge in [0.05, 0.1) is 11.1 Å². The van der Waals surface area contributed by atoms with Crippen molar-refractivity contribution in [2.75, 3.05) is 11.4 Å². The number of H-pyrrole nitrogens is 1. The van der Waals surface area contributed by atoms with E-state index < -0.39 is 0 Å². The standard InChI is InChI=1S/C21H20N4O2/c1-3-24(16-8-9-19-15(12-16)10-11-22-19)20(26)13-25-21(27)18-7-5-4-6-17(18)14(2)23-25/h4-12,22H,3,13H2,1-2H3. The normalized spacial score (nSPS) is 11.2. The quantitative estimate of drug-likeness (QED) is 0.607. The Balaban J connectivity index is 1.69. The summed E-state index contributed by atoms with van der Waals surface area (Å²) in [6.45, 7) is 4.18. The lowest BCUT2D eigenvalue weighted by Crippen LogP contribution is -2.37. The first kappa shape index (κ1) is 17.0. The van der Waals surface area contributed by atoms with Gasteiger partial charge in [-0.05, 0) is 44.2 Å². The number of benzene rings is 2. The summed E-state index contributed by atoms with van der Waals surface area (Å²) in [7, 11) is 0. The van der Waals surface area contributed by atoms with Gasteiger partial charge >= 0.3 is 0 Å². The summed E-state index contributed by atoms with van der Waals surface area (Å²) in [5, 5.41) is 6.78. The van der Waals surface area contributed by atoms with Gasteiger partial charge in [0, 0.05) is 34.7 Å². The summed E-state index contributed by atoms with van der Waals surface area (Å²) in [5.74, 6) is -0.170. The molecule has 4 aromatic rings. The number of aromatic amines is 1. The number of hydrogen-bond acceptors (Lipinski definition) is 3. The Bertz CT molecular complexity index is 1210. The molecule has 136 valence electrons. The Morgan fingerprint density at radius 1 is 1.15 bits per heavy atom. The van der Waals surface area contributed by atoms with Crippen molar-refractivity contribution in [3.8, 4) is 0 Å². The summed E-state index contributed by atoms with van der Waals surface area (Å²) in [6, 6.07) is 15.1. The third-order valence-electron chi connectivity index (χ3n) is 4.80. The molecule has 0 bridgehead atoms. The molecule has 1 N–H and O–H groups in total. The van der Waals surface area contributed by atoms with Gasteiger partial charge in [0.1, 0.15) is 6.54 Å². The maximum Gasteiger partial charge on any atom is 0.275 e. The lowest BCUT2D eigenvalue weighted by molar-refractivity contribution is -0.119. The van der Waals surface area contributed by atoms with Crippen LogP contribution in [0, 0.1) is 6.92 Å². The number of carbonyl (C=O) groups excluding carboxylic acids is 1. The minimum Gasteiger partial charge on any atom is -0.361 e. The number of nitrogens with one attached hydrogen (secondary N) is 1. The second-order valence-corrected chi connectivity index (χ2v) is 6.48. The van der Waals surface area contributed by atoms with Crippen LogP contribution in [-0.4, -0.2) is 27.2 Å². The van der Waals surface area contributed by atoms with Gasteiger partial charge in [0.25, 0.3) is 5.56 Å². The Labute approximate surface area is 156 Å². The fourth-order valence-electron chi connectivity index (χ4n) is 3.44. The number of nitrogens with zero attached hydrogens (tertiary/aromatic N) is 3. The van der Waals surface area contributed by atoms with E-state index in [1.807, 2.05) is 62.5 Å². The van der Waals surface area contributed by atoms with Gasteiger partial charge in [-0.1, -0.05) is 18.2 Å². The summed E-state index contributed by atoms with van der Waals surface area (Å²) >= 11 is 0. The highest BCUT2D eigenvalue weighted by atomic mass is 16.2. The van der Waals surface area contributed by atoms with Crippen LogP contribution in [0.2, 0.25) is 0 Å². The molecule has 2 heterocycles. The molecule has 0 radical (unpaired) electrons. The lowest BCUT2D eigenvalue weighted by Gasteiger charge is -2.21.